The van der Waals surface area contributed by atoms with Crippen molar-refractivity contribution in [2.24, 2.45) is 11.7 Å². The second-order valence-electron chi connectivity index (χ2n) is 5.25. The Hall–Kier alpha value is -1.67. The molecule has 1 unspecified atom stereocenters. The van der Waals surface area contributed by atoms with Gasteiger partial charge in [0.05, 0.1) is 5.69 Å². The van der Waals surface area contributed by atoms with E-state index in [1.165, 1.54) is 6.42 Å². The Bertz CT molecular complexity index is 489. The SMILES string of the molecule is Cc1nnc(N2CCCC(CCN)C2)c(C#N)c1C. The molecule has 2 heterocycles. The maximum atomic E-state index is 9.36. The van der Waals surface area contributed by atoms with Gasteiger partial charge < -0.3 is 10.6 Å². The topological polar surface area (TPSA) is 78.8 Å². The van der Waals surface area contributed by atoms with Gasteiger partial charge in [0.2, 0.25) is 0 Å². The van der Waals surface area contributed by atoms with Crippen molar-refractivity contribution in [3.63, 3.8) is 0 Å². The van der Waals surface area contributed by atoms with Crippen molar-refractivity contribution in [2.75, 3.05) is 24.5 Å². The van der Waals surface area contributed by atoms with Crippen LogP contribution in [-0.2, 0) is 0 Å². The lowest BCUT2D eigenvalue weighted by Crippen LogP contribution is -2.37. The Kier molecular flexibility index (Phi) is 4.33. The van der Waals surface area contributed by atoms with Gasteiger partial charge in [0.25, 0.3) is 0 Å². The molecule has 0 amide bonds. The number of nitriles is 1. The van der Waals surface area contributed by atoms with Gasteiger partial charge in [0, 0.05) is 13.1 Å². The Morgan fingerprint density at radius 1 is 1.42 bits per heavy atom. The van der Waals surface area contributed by atoms with E-state index in [1.807, 2.05) is 13.8 Å². The molecule has 5 heteroatoms. The van der Waals surface area contributed by atoms with E-state index in [2.05, 4.69) is 21.2 Å². The summed E-state index contributed by atoms with van der Waals surface area (Å²) in [6, 6.07) is 2.28. The maximum Gasteiger partial charge on any atom is 0.169 e. The highest BCUT2D eigenvalue weighted by Gasteiger charge is 2.24. The van der Waals surface area contributed by atoms with E-state index in [9.17, 15) is 5.26 Å². The minimum absolute atomic E-state index is 0.605. The zero-order valence-electron chi connectivity index (χ0n) is 11.7. The van der Waals surface area contributed by atoms with Crippen molar-refractivity contribution in [1.29, 1.82) is 5.26 Å². The predicted molar refractivity (Wildman–Crippen MR) is 74.8 cm³/mol. The summed E-state index contributed by atoms with van der Waals surface area (Å²) in [5.74, 6) is 1.35. The van der Waals surface area contributed by atoms with Crippen LogP contribution in [0.15, 0.2) is 0 Å². The number of rotatable bonds is 3. The molecule has 1 aliphatic heterocycles. The van der Waals surface area contributed by atoms with Gasteiger partial charge in [0.1, 0.15) is 11.6 Å². The summed E-state index contributed by atoms with van der Waals surface area (Å²) >= 11 is 0. The monoisotopic (exact) mass is 259 g/mol. The van der Waals surface area contributed by atoms with Crippen LogP contribution < -0.4 is 10.6 Å². The third-order valence-corrected chi connectivity index (χ3v) is 3.94. The van der Waals surface area contributed by atoms with Crippen molar-refractivity contribution in [3.8, 4) is 6.07 Å². The molecular formula is C14H21N5. The summed E-state index contributed by atoms with van der Waals surface area (Å²) < 4.78 is 0. The van der Waals surface area contributed by atoms with E-state index in [-0.39, 0.29) is 0 Å². The van der Waals surface area contributed by atoms with Crippen LogP contribution in [0.4, 0.5) is 5.82 Å². The van der Waals surface area contributed by atoms with Gasteiger partial charge in [0.15, 0.2) is 5.82 Å². The van der Waals surface area contributed by atoms with E-state index < -0.39 is 0 Å². The number of hydrogen-bond acceptors (Lipinski definition) is 5. The fourth-order valence-corrected chi connectivity index (χ4v) is 2.68. The van der Waals surface area contributed by atoms with Crippen molar-refractivity contribution < 1.29 is 0 Å². The molecule has 0 spiro atoms. The molecule has 1 aliphatic rings. The minimum atomic E-state index is 0.605. The molecule has 5 nitrogen and oxygen atoms in total. The summed E-state index contributed by atoms with van der Waals surface area (Å²) in [5.41, 5.74) is 8.08. The van der Waals surface area contributed by atoms with Gasteiger partial charge in [-0.1, -0.05) is 0 Å². The average molecular weight is 259 g/mol. The summed E-state index contributed by atoms with van der Waals surface area (Å²) in [6.45, 7) is 6.44. The number of aryl methyl sites for hydroxylation is 1. The molecule has 2 rings (SSSR count). The highest BCUT2D eigenvalue weighted by molar-refractivity contribution is 5.57. The quantitative estimate of drug-likeness (QED) is 0.890. The van der Waals surface area contributed by atoms with Crippen LogP contribution in [0.2, 0.25) is 0 Å². The van der Waals surface area contributed by atoms with Crippen LogP contribution in [0, 0.1) is 31.1 Å². The van der Waals surface area contributed by atoms with Gasteiger partial charge in [-0.05, 0) is 51.1 Å². The normalized spacial score (nSPS) is 19.3. The standard InChI is InChI=1S/C14H21N5/c1-10-11(2)17-18-14(13(10)8-16)19-7-3-4-12(9-19)5-6-15/h12H,3-7,9,15H2,1-2H3. The molecule has 1 saturated heterocycles. The first-order chi connectivity index (χ1) is 9.17. The number of nitrogens with two attached hydrogens (primary N) is 1. The first-order valence-corrected chi connectivity index (χ1v) is 6.86. The fourth-order valence-electron chi connectivity index (χ4n) is 2.68. The lowest BCUT2D eigenvalue weighted by atomic mass is 9.94. The smallest absolute Gasteiger partial charge is 0.169 e. The first kappa shape index (κ1) is 13.8. The Balaban J connectivity index is 2.27. The van der Waals surface area contributed by atoms with Crippen LogP contribution in [0.25, 0.3) is 0 Å². The number of anilines is 1. The highest BCUT2D eigenvalue weighted by atomic mass is 15.3. The van der Waals surface area contributed by atoms with Crippen LogP contribution >= 0.6 is 0 Å². The molecular weight excluding hydrogens is 238 g/mol. The maximum absolute atomic E-state index is 9.36. The Morgan fingerprint density at radius 2 is 2.21 bits per heavy atom. The van der Waals surface area contributed by atoms with E-state index in [1.54, 1.807) is 0 Å². The van der Waals surface area contributed by atoms with Crippen LogP contribution in [0.3, 0.4) is 0 Å². The molecule has 19 heavy (non-hydrogen) atoms. The largest absolute Gasteiger partial charge is 0.354 e. The molecule has 1 aromatic rings. The van der Waals surface area contributed by atoms with Gasteiger partial charge in [-0.25, -0.2) is 0 Å². The second kappa shape index (κ2) is 5.98. The summed E-state index contributed by atoms with van der Waals surface area (Å²) in [4.78, 5) is 2.20. The minimum Gasteiger partial charge on any atom is -0.354 e. The van der Waals surface area contributed by atoms with E-state index >= 15 is 0 Å². The third-order valence-electron chi connectivity index (χ3n) is 3.94. The van der Waals surface area contributed by atoms with Crippen LogP contribution in [-0.4, -0.2) is 29.8 Å². The fraction of sp³-hybridized carbons (Fsp3) is 0.643. The van der Waals surface area contributed by atoms with Gasteiger partial charge >= 0.3 is 0 Å². The zero-order chi connectivity index (χ0) is 13.8. The number of nitrogens with zero attached hydrogens (tertiary/aromatic N) is 4. The molecule has 0 aromatic carbocycles. The summed E-state index contributed by atoms with van der Waals surface area (Å²) in [5, 5.41) is 17.8. The second-order valence-corrected chi connectivity index (χ2v) is 5.25. The highest BCUT2D eigenvalue weighted by Crippen LogP contribution is 2.27. The lowest BCUT2D eigenvalue weighted by molar-refractivity contribution is 0.393. The van der Waals surface area contributed by atoms with Crippen LogP contribution in [0.5, 0.6) is 0 Å². The van der Waals surface area contributed by atoms with Gasteiger partial charge in [-0.2, -0.15) is 10.4 Å². The third kappa shape index (κ3) is 2.85. The van der Waals surface area contributed by atoms with E-state index in [0.717, 1.165) is 49.6 Å². The number of aromatic nitrogens is 2. The van der Waals surface area contributed by atoms with Crippen molar-refractivity contribution in [2.45, 2.75) is 33.1 Å². The van der Waals surface area contributed by atoms with Crippen molar-refractivity contribution in [1.82, 2.24) is 10.2 Å². The molecule has 0 bridgehead atoms. The van der Waals surface area contributed by atoms with Crippen molar-refractivity contribution in [3.05, 3.63) is 16.8 Å². The summed E-state index contributed by atoms with van der Waals surface area (Å²) in [7, 11) is 0. The predicted octanol–water partition coefficient (Wildman–Crippen LogP) is 1.53. The molecule has 1 aromatic heterocycles. The Labute approximate surface area is 114 Å². The molecule has 1 fully saturated rings. The Morgan fingerprint density at radius 3 is 2.89 bits per heavy atom. The first-order valence-electron chi connectivity index (χ1n) is 6.86. The number of hydrogen-bond donors (Lipinski definition) is 1. The van der Waals surface area contributed by atoms with E-state index in [0.29, 0.717) is 11.5 Å². The molecule has 2 N–H and O–H groups in total. The van der Waals surface area contributed by atoms with Gasteiger partial charge in [-0.3, -0.25) is 0 Å². The molecule has 0 saturated carbocycles. The van der Waals surface area contributed by atoms with Crippen molar-refractivity contribution >= 4 is 5.82 Å². The molecule has 0 aliphatic carbocycles. The van der Waals surface area contributed by atoms with Gasteiger partial charge in [-0.15, -0.1) is 5.10 Å². The summed E-state index contributed by atoms with van der Waals surface area (Å²) in [6.07, 6.45) is 3.38. The molecule has 1 atom stereocenters. The molecule has 0 radical (unpaired) electrons. The lowest BCUT2D eigenvalue weighted by Gasteiger charge is -2.33. The van der Waals surface area contributed by atoms with E-state index in [4.69, 9.17) is 5.73 Å². The molecule has 102 valence electrons. The zero-order valence-corrected chi connectivity index (χ0v) is 11.7. The average Bonchev–Trinajstić information content (AvgIpc) is 2.42. The van der Waals surface area contributed by atoms with Crippen LogP contribution in [0.1, 0.15) is 36.1 Å². The number of piperidine rings is 1.